The Hall–Kier alpha value is -3.48. The van der Waals surface area contributed by atoms with Crippen LogP contribution in [0.3, 0.4) is 0 Å². The van der Waals surface area contributed by atoms with E-state index in [2.05, 4.69) is 27.5 Å². The number of rotatable bonds is 6. The molecule has 0 aliphatic carbocycles. The van der Waals surface area contributed by atoms with Gasteiger partial charge in [-0.2, -0.15) is 0 Å². The third kappa shape index (κ3) is 3.94. The predicted molar refractivity (Wildman–Crippen MR) is 102 cm³/mol. The van der Waals surface area contributed by atoms with Crippen LogP contribution in [-0.4, -0.2) is 14.9 Å². The molecule has 0 saturated heterocycles. The molecule has 0 aliphatic heterocycles. The summed E-state index contributed by atoms with van der Waals surface area (Å²) < 4.78 is 0. The molecule has 0 amide bonds. The van der Waals surface area contributed by atoms with Crippen LogP contribution in [0.25, 0.3) is 0 Å². The van der Waals surface area contributed by atoms with Crippen LogP contribution in [0.1, 0.15) is 18.1 Å². The number of nitro groups is 1. The second kappa shape index (κ2) is 7.60. The first-order chi connectivity index (χ1) is 12.6. The van der Waals surface area contributed by atoms with Crippen molar-refractivity contribution >= 4 is 28.7 Å². The summed E-state index contributed by atoms with van der Waals surface area (Å²) in [4.78, 5) is 19.2. The van der Waals surface area contributed by atoms with Gasteiger partial charge in [-0.3, -0.25) is 10.1 Å². The largest absolute Gasteiger partial charge is 0.353 e. The van der Waals surface area contributed by atoms with Crippen molar-refractivity contribution in [3.8, 4) is 0 Å². The first-order valence-corrected chi connectivity index (χ1v) is 8.26. The van der Waals surface area contributed by atoms with E-state index in [0.717, 1.165) is 23.4 Å². The van der Waals surface area contributed by atoms with Crippen molar-refractivity contribution < 1.29 is 4.92 Å². The highest BCUT2D eigenvalue weighted by Gasteiger charge is 2.23. The van der Waals surface area contributed by atoms with Crippen LogP contribution in [-0.2, 0) is 6.42 Å². The molecule has 0 spiro atoms. The van der Waals surface area contributed by atoms with Gasteiger partial charge in [0.1, 0.15) is 6.33 Å². The average Bonchev–Trinajstić information content (AvgIpc) is 2.64. The standard InChI is InChI=1S/C19H19N5O2/c1-3-14-6-10-16(11-7-14)23-19-17(24(25)26)18(20-12-21-19)22-15-8-4-13(2)5-9-15/h4-12H,3H2,1-2H3,(H2,20,21,22,23). The molecule has 0 atom stereocenters. The van der Waals surface area contributed by atoms with Crippen molar-refractivity contribution in [1.29, 1.82) is 0 Å². The third-order valence-corrected chi connectivity index (χ3v) is 3.94. The average molecular weight is 349 g/mol. The first-order valence-electron chi connectivity index (χ1n) is 8.26. The number of benzene rings is 2. The second-order valence-corrected chi connectivity index (χ2v) is 5.84. The first kappa shape index (κ1) is 17.3. The van der Waals surface area contributed by atoms with Gasteiger partial charge in [0.25, 0.3) is 0 Å². The normalized spacial score (nSPS) is 10.4. The fourth-order valence-electron chi connectivity index (χ4n) is 2.47. The molecule has 0 radical (unpaired) electrons. The molecule has 132 valence electrons. The number of nitrogens with one attached hydrogen (secondary N) is 2. The van der Waals surface area contributed by atoms with Gasteiger partial charge in [-0.25, -0.2) is 9.97 Å². The molecule has 0 aliphatic rings. The van der Waals surface area contributed by atoms with E-state index in [4.69, 9.17) is 0 Å². The lowest BCUT2D eigenvalue weighted by molar-refractivity contribution is -0.383. The smallest absolute Gasteiger partial charge is 0.334 e. The lowest BCUT2D eigenvalue weighted by atomic mass is 10.1. The van der Waals surface area contributed by atoms with Gasteiger partial charge < -0.3 is 10.6 Å². The van der Waals surface area contributed by atoms with E-state index in [1.165, 1.54) is 11.9 Å². The van der Waals surface area contributed by atoms with Gasteiger partial charge >= 0.3 is 5.69 Å². The van der Waals surface area contributed by atoms with E-state index in [1.807, 2.05) is 55.5 Å². The lowest BCUT2D eigenvalue weighted by Gasteiger charge is -2.10. The highest BCUT2D eigenvalue weighted by molar-refractivity contribution is 5.76. The zero-order valence-electron chi connectivity index (χ0n) is 14.6. The number of anilines is 4. The molecule has 2 N–H and O–H groups in total. The maximum Gasteiger partial charge on any atom is 0.353 e. The molecule has 2 aromatic carbocycles. The van der Waals surface area contributed by atoms with Gasteiger partial charge in [0, 0.05) is 11.4 Å². The van der Waals surface area contributed by atoms with Crippen LogP contribution in [0.2, 0.25) is 0 Å². The summed E-state index contributed by atoms with van der Waals surface area (Å²) in [5, 5.41) is 17.6. The second-order valence-electron chi connectivity index (χ2n) is 5.84. The zero-order chi connectivity index (χ0) is 18.5. The van der Waals surface area contributed by atoms with E-state index >= 15 is 0 Å². The Morgan fingerprint density at radius 2 is 1.42 bits per heavy atom. The van der Waals surface area contributed by atoms with E-state index in [1.54, 1.807) is 0 Å². The van der Waals surface area contributed by atoms with E-state index < -0.39 is 4.92 Å². The Balaban J connectivity index is 1.92. The molecule has 7 nitrogen and oxygen atoms in total. The van der Waals surface area contributed by atoms with Crippen molar-refractivity contribution in [1.82, 2.24) is 9.97 Å². The molecule has 3 aromatic rings. The Morgan fingerprint density at radius 1 is 0.923 bits per heavy atom. The summed E-state index contributed by atoms with van der Waals surface area (Å²) in [6.07, 6.45) is 2.23. The minimum Gasteiger partial charge on any atom is -0.334 e. The highest BCUT2D eigenvalue weighted by Crippen LogP contribution is 2.33. The van der Waals surface area contributed by atoms with Crippen molar-refractivity contribution in [2.75, 3.05) is 10.6 Å². The minimum atomic E-state index is -0.487. The molecule has 0 bridgehead atoms. The Kier molecular flexibility index (Phi) is 5.07. The number of nitrogens with zero attached hydrogens (tertiary/aromatic N) is 3. The summed E-state index contributed by atoms with van der Waals surface area (Å²) in [6.45, 7) is 4.05. The minimum absolute atomic E-state index is 0.140. The zero-order valence-corrected chi connectivity index (χ0v) is 14.6. The van der Waals surface area contributed by atoms with Crippen molar-refractivity contribution in [3.63, 3.8) is 0 Å². The monoisotopic (exact) mass is 349 g/mol. The Morgan fingerprint density at radius 3 is 1.88 bits per heavy atom. The summed E-state index contributed by atoms with van der Waals surface area (Å²) in [5.74, 6) is 0.283. The molecule has 0 unspecified atom stereocenters. The van der Waals surface area contributed by atoms with Crippen LogP contribution < -0.4 is 10.6 Å². The summed E-state index contributed by atoms with van der Waals surface area (Å²) in [5.41, 5.74) is 3.54. The molecule has 1 aromatic heterocycles. The Bertz CT molecular complexity index is 908. The SMILES string of the molecule is CCc1ccc(Nc2ncnc(Nc3ccc(C)cc3)c2[N+](=O)[O-])cc1. The molecule has 0 saturated carbocycles. The molecule has 3 rings (SSSR count). The maximum atomic E-state index is 11.6. The summed E-state index contributed by atoms with van der Waals surface area (Å²) >= 11 is 0. The fourth-order valence-corrected chi connectivity index (χ4v) is 2.47. The van der Waals surface area contributed by atoms with Crippen LogP contribution in [0, 0.1) is 17.0 Å². The van der Waals surface area contributed by atoms with Crippen molar-refractivity contribution in [2.24, 2.45) is 0 Å². The molecular weight excluding hydrogens is 330 g/mol. The van der Waals surface area contributed by atoms with Gasteiger partial charge in [-0.05, 0) is 43.2 Å². The number of hydrogen-bond acceptors (Lipinski definition) is 6. The quantitative estimate of drug-likeness (QED) is 0.493. The van der Waals surface area contributed by atoms with Gasteiger partial charge in [-0.1, -0.05) is 36.8 Å². The molecule has 1 heterocycles. The van der Waals surface area contributed by atoms with Crippen LogP contribution in [0.5, 0.6) is 0 Å². The molecule has 7 heteroatoms. The number of aromatic nitrogens is 2. The van der Waals surface area contributed by atoms with Gasteiger partial charge in [-0.15, -0.1) is 0 Å². The molecule has 0 fully saturated rings. The van der Waals surface area contributed by atoms with Crippen LogP contribution >= 0.6 is 0 Å². The Labute approximate surface area is 151 Å². The lowest BCUT2D eigenvalue weighted by Crippen LogP contribution is -2.05. The number of aryl methyl sites for hydroxylation is 2. The molecular formula is C19H19N5O2. The van der Waals surface area contributed by atoms with Gasteiger partial charge in [0.15, 0.2) is 0 Å². The van der Waals surface area contributed by atoms with Crippen LogP contribution in [0.15, 0.2) is 54.9 Å². The number of hydrogen-bond donors (Lipinski definition) is 2. The predicted octanol–water partition coefficient (Wildman–Crippen LogP) is 4.74. The van der Waals surface area contributed by atoms with Crippen molar-refractivity contribution in [3.05, 3.63) is 76.1 Å². The fraction of sp³-hybridized carbons (Fsp3) is 0.158. The topological polar surface area (TPSA) is 93.0 Å². The molecule has 26 heavy (non-hydrogen) atoms. The highest BCUT2D eigenvalue weighted by atomic mass is 16.6. The third-order valence-electron chi connectivity index (χ3n) is 3.94. The van der Waals surface area contributed by atoms with Crippen molar-refractivity contribution in [2.45, 2.75) is 20.3 Å². The summed E-state index contributed by atoms with van der Waals surface area (Å²) in [6, 6.07) is 15.2. The summed E-state index contributed by atoms with van der Waals surface area (Å²) in [7, 11) is 0. The van der Waals surface area contributed by atoms with E-state index in [-0.39, 0.29) is 17.3 Å². The van der Waals surface area contributed by atoms with E-state index in [0.29, 0.717) is 0 Å². The van der Waals surface area contributed by atoms with Gasteiger partial charge in [0.2, 0.25) is 11.6 Å². The van der Waals surface area contributed by atoms with Crippen LogP contribution in [0.4, 0.5) is 28.7 Å². The maximum absolute atomic E-state index is 11.6. The van der Waals surface area contributed by atoms with Gasteiger partial charge in [0.05, 0.1) is 4.92 Å². The van der Waals surface area contributed by atoms with E-state index in [9.17, 15) is 10.1 Å².